The number of unbranched alkanes of at least 4 members (excludes halogenated alkanes) is 4. The Bertz CT molecular complexity index is 211. The van der Waals surface area contributed by atoms with Crippen LogP contribution in [0.15, 0.2) is 4.99 Å². The number of carbonyl (C=O) groups excluding carboxylic acids is 1. The van der Waals surface area contributed by atoms with Gasteiger partial charge in [0.05, 0.1) is 0 Å². The second kappa shape index (κ2) is 8.41. The van der Waals surface area contributed by atoms with Crippen LogP contribution >= 0.6 is 0 Å². The third-order valence-electron chi connectivity index (χ3n) is 1.72. The molecule has 1 amide bonds. The maximum atomic E-state index is 10.8. The topological polar surface area (TPSA) is 66.7 Å². The van der Waals surface area contributed by atoms with Crippen LogP contribution in [0.5, 0.6) is 0 Å². The summed E-state index contributed by atoms with van der Waals surface area (Å²) in [5.41, 5.74) is 0. The Kier molecular flexibility index (Phi) is 7.70. The molecule has 4 heteroatoms. The second-order valence-corrected chi connectivity index (χ2v) is 3.13. The van der Waals surface area contributed by atoms with Gasteiger partial charge in [0.15, 0.2) is 0 Å². The number of carbonyl (C=O) groups is 2. The molecule has 0 aromatic heterocycles. The molecule has 0 saturated carbocycles. The van der Waals surface area contributed by atoms with Crippen molar-refractivity contribution in [3.8, 4) is 0 Å². The average molecular weight is 199 g/mol. The van der Waals surface area contributed by atoms with Crippen LogP contribution in [-0.4, -0.2) is 23.2 Å². The van der Waals surface area contributed by atoms with E-state index >= 15 is 0 Å². The van der Waals surface area contributed by atoms with E-state index in [2.05, 4.69) is 11.9 Å². The third-order valence-corrected chi connectivity index (χ3v) is 1.72. The summed E-state index contributed by atoms with van der Waals surface area (Å²) in [7, 11) is 0. The number of carboxylic acid groups (broad SMARTS) is 1. The molecule has 0 atom stereocenters. The van der Waals surface area contributed by atoms with Gasteiger partial charge in [-0.1, -0.05) is 26.2 Å². The van der Waals surface area contributed by atoms with Crippen LogP contribution in [0.2, 0.25) is 0 Å². The van der Waals surface area contributed by atoms with Gasteiger partial charge in [-0.15, -0.1) is 0 Å². The first kappa shape index (κ1) is 12.8. The molecule has 0 unspecified atom stereocenters. The minimum Gasteiger partial charge on any atom is -0.481 e. The lowest BCUT2D eigenvalue weighted by Crippen LogP contribution is -2.03. The van der Waals surface area contributed by atoms with E-state index in [1.807, 2.05) is 0 Å². The normalized spacial score (nSPS) is 10.6. The van der Waals surface area contributed by atoms with Crippen molar-refractivity contribution in [2.45, 2.75) is 45.4 Å². The van der Waals surface area contributed by atoms with E-state index in [1.54, 1.807) is 0 Å². The smallest absolute Gasteiger partial charge is 0.312 e. The number of carboxylic acids is 1. The Labute approximate surface area is 84.0 Å². The van der Waals surface area contributed by atoms with Gasteiger partial charge in [-0.3, -0.25) is 9.59 Å². The summed E-state index contributed by atoms with van der Waals surface area (Å²) in [5, 5.41) is 8.26. The fraction of sp³-hybridized carbons (Fsp3) is 0.700. The molecule has 0 saturated heterocycles. The Morgan fingerprint density at radius 2 is 2.00 bits per heavy atom. The van der Waals surface area contributed by atoms with E-state index in [4.69, 9.17) is 5.11 Å². The zero-order valence-corrected chi connectivity index (χ0v) is 8.53. The molecule has 80 valence electrons. The van der Waals surface area contributed by atoms with Crippen LogP contribution in [0.3, 0.4) is 0 Å². The van der Waals surface area contributed by atoms with Crippen molar-refractivity contribution >= 4 is 18.1 Å². The Hall–Kier alpha value is -1.19. The minimum atomic E-state index is -1.13. The molecular formula is C10H17NO3. The first-order chi connectivity index (χ1) is 6.66. The van der Waals surface area contributed by atoms with Crippen LogP contribution in [0.1, 0.15) is 45.4 Å². The highest BCUT2D eigenvalue weighted by molar-refractivity contribution is 5.96. The predicted molar refractivity (Wildman–Crippen MR) is 54.5 cm³/mol. The van der Waals surface area contributed by atoms with Gasteiger partial charge in [-0.25, -0.2) is 4.99 Å². The lowest BCUT2D eigenvalue weighted by Gasteiger charge is -1.93. The van der Waals surface area contributed by atoms with E-state index in [9.17, 15) is 9.59 Å². The molecule has 0 fully saturated rings. The monoisotopic (exact) mass is 199 g/mol. The quantitative estimate of drug-likeness (QED) is 0.387. The summed E-state index contributed by atoms with van der Waals surface area (Å²) in [6, 6.07) is 0. The van der Waals surface area contributed by atoms with Crippen molar-refractivity contribution < 1.29 is 14.7 Å². The number of aliphatic carboxylic acids is 1. The fourth-order valence-electron chi connectivity index (χ4n) is 1.00. The van der Waals surface area contributed by atoms with E-state index in [0.29, 0.717) is 0 Å². The Morgan fingerprint density at radius 3 is 2.57 bits per heavy atom. The number of hydrogen-bond donors (Lipinski definition) is 1. The molecule has 1 N–H and O–H groups in total. The van der Waals surface area contributed by atoms with Gasteiger partial charge >= 0.3 is 5.97 Å². The number of hydrogen-bond acceptors (Lipinski definition) is 2. The highest BCUT2D eigenvalue weighted by Crippen LogP contribution is 2.00. The first-order valence-corrected chi connectivity index (χ1v) is 4.94. The zero-order valence-electron chi connectivity index (χ0n) is 8.53. The van der Waals surface area contributed by atoms with Crippen LogP contribution in [0.25, 0.3) is 0 Å². The summed E-state index contributed by atoms with van der Waals surface area (Å²) in [5.74, 6) is -1.70. The van der Waals surface area contributed by atoms with Gasteiger partial charge in [0.1, 0.15) is 6.42 Å². The van der Waals surface area contributed by atoms with Gasteiger partial charge in [0.2, 0.25) is 0 Å². The lowest BCUT2D eigenvalue weighted by atomic mass is 10.2. The van der Waals surface area contributed by atoms with Crippen LogP contribution < -0.4 is 0 Å². The Balaban J connectivity index is 3.42. The van der Waals surface area contributed by atoms with Gasteiger partial charge in [0, 0.05) is 6.21 Å². The Morgan fingerprint density at radius 1 is 1.29 bits per heavy atom. The van der Waals surface area contributed by atoms with Gasteiger partial charge in [0.25, 0.3) is 5.91 Å². The highest BCUT2D eigenvalue weighted by Gasteiger charge is 2.03. The molecule has 0 heterocycles. The van der Waals surface area contributed by atoms with Crippen LogP contribution in [0.4, 0.5) is 0 Å². The summed E-state index contributed by atoms with van der Waals surface area (Å²) < 4.78 is 0. The van der Waals surface area contributed by atoms with E-state index in [-0.39, 0.29) is 0 Å². The maximum Gasteiger partial charge on any atom is 0.312 e. The fourth-order valence-corrected chi connectivity index (χ4v) is 1.00. The molecule has 0 aliphatic heterocycles. The molecule has 0 aromatic rings. The number of aliphatic imine (C=N–C) groups is 1. The summed E-state index contributed by atoms with van der Waals surface area (Å²) in [6.45, 7) is 2.13. The zero-order chi connectivity index (χ0) is 10.8. The number of nitrogens with zero attached hydrogens (tertiary/aromatic N) is 1. The maximum absolute atomic E-state index is 10.8. The van der Waals surface area contributed by atoms with E-state index in [0.717, 1.165) is 19.3 Å². The molecule has 14 heavy (non-hydrogen) atoms. The molecule has 0 aliphatic carbocycles. The van der Waals surface area contributed by atoms with Crippen LogP contribution in [0, 0.1) is 0 Å². The largest absolute Gasteiger partial charge is 0.481 e. The standard InChI is InChI=1S/C10H17NO3/c1-2-3-4-5-6-7-11-9(12)8-10(13)14/h7H,2-6,8H2,1H3,(H,13,14). The van der Waals surface area contributed by atoms with Crippen molar-refractivity contribution in [2.75, 3.05) is 0 Å². The van der Waals surface area contributed by atoms with Crippen molar-refractivity contribution in [1.29, 1.82) is 0 Å². The predicted octanol–water partition coefficient (Wildman–Crippen LogP) is 2.03. The first-order valence-electron chi connectivity index (χ1n) is 4.94. The summed E-state index contributed by atoms with van der Waals surface area (Å²) in [4.78, 5) is 24.4. The molecular weight excluding hydrogens is 182 g/mol. The summed E-state index contributed by atoms with van der Waals surface area (Å²) >= 11 is 0. The van der Waals surface area contributed by atoms with E-state index < -0.39 is 18.3 Å². The third kappa shape index (κ3) is 8.90. The molecule has 0 radical (unpaired) electrons. The van der Waals surface area contributed by atoms with Crippen molar-refractivity contribution in [3.63, 3.8) is 0 Å². The van der Waals surface area contributed by atoms with Gasteiger partial charge < -0.3 is 5.11 Å². The van der Waals surface area contributed by atoms with Gasteiger partial charge in [-0.2, -0.15) is 0 Å². The van der Waals surface area contributed by atoms with Crippen molar-refractivity contribution in [2.24, 2.45) is 4.99 Å². The molecule has 0 bridgehead atoms. The van der Waals surface area contributed by atoms with Gasteiger partial charge in [-0.05, 0) is 12.8 Å². The number of amides is 1. The molecule has 4 nitrogen and oxygen atoms in total. The molecule has 0 aliphatic rings. The molecule has 0 spiro atoms. The molecule has 0 aromatic carbocycles. The van der Waals surface area contributed by atoms with Crippen molar-refractivity contribution in [1.82, 2.24) is 0 Å². The summed E-state index contributed by atoms with van der Waals surface area (Å²) in [6.07, 6.45) is 6.27. The van der Waals surface area contributed by atoms with E-state index in [1.165, 1.54) is 19.1 Å². The van der Waals surface area contributed by atoms with Crippen LogP contribution in [-0.2, 0) is 9.59 Å². The van der Waals surface area contributed by atoms with Crippen molar-refractivity contribution in [3.05, 3.63) is 0 Å². The second-order valence-electron chi connectivity index (χ2n) is 3.13. The minimum absolute atomic E-state index is 0.508. The molecule has 0 rings (SSSR count). The lowest BCUT2D eigenvalue weighted by molar-refractivity contribution is -0.139. The SMILES string of the molecule is CCCCCCC=NC(=O)CC(=O)O. The number of rotatable bonds is 7. The highest BCUT2D eigenvalue weighted by atomic mass is 16.4. The average Bonchev–Trinajstić information content (AvgIpc) is 2.10.